The van der Waals surface area contributed by atoms with Crippen LogP contribution in [0.25, 0.3) is 21.3 Å². The quantitative estimate of drug-likeness (QED) is 0.155. The van der Waals surface area contributed by atoms with Crippen molar-refractivity contribution in [3.63, 3.8) is 0 Å². The lowest BCUT2D eigenvalue weighted by molar-refractivity contribution is -0.846. The van der Waals surface area contributed by atoms with E-state index in [4.69, 9.17) is 4.98 Å². The van der Waals surface area contributed by atoms with Crippen molar-refractivity contribution >= 4 is 33.1 Å². The molecule has 1 aromatic heterocycles. The van der Waals surface area contributed by atoms with E-state index < -0.39 is 0 Å². The third-order valence-electron chi connectivity index (χ3n) is 7.42. The smallest absolute Gasteiger partial charge is 0.252 e. The number of hydroxylamine groups is 1. The molecule has 204 valence electrons. The highest BCUT2D eigenvalue weighted by atomic mass is 32.1. The standard InChI is InChI=1S/C34H29N3O3S/c38-33-26-10-4-5-11-27(26)34(39)32(37-40)31(33)35-20-6-9-23-12-15-24(16-13-23)25-17-18-29-28(21-25)36-30(41-29)19-14-22-7-2-1-3-8-22/h1-5,7-8,10-13,15-18,21,35,37,40H,6,9,14,19-20H2/p+1. The summed E-state index contributed by atoms with van der Waals surface area (Å²) in [6.07, 6.45) is 3.51. The number of benzene rings is 4. The van der Waals surface area contributed by atoms with Crippen LogP contribution in [-0.2, 0) is 19.3 Å². The highest BCUT2D eigenvalue weighted by molar-refractivity contribution is 7.18. The average molecular weight is 561 g/mol. The van der Waals surface area contributed by atoms with Crippen LogP contribution in [0.3, 0.4) is 0 Å². The Morgan fingerprint density at radius 2 is 1.41 bits per heavy atom. The molecule has 0 fully saturated rings. The molecule has 0 unspecified atom stereocenters. The Labute approximate surface area is 242 Å². The predicted octanol–water partition coefficient (Wildman–Crippen LogP) is 5.51. The number of hydrogen-bond donors (Lipinski definition) is 3. The summed E-state index contributed by atoms with van der Waals surface area (Å²) in [4.78, 5) is 30.6. The van der Waals surface area contributed by atoms with Gasteiger partial charge in [-0.1, -0.05) is 84.9 Å². The van der Waals surface area contributed by atoms with Crippen LogP contribution in [0.4, 0.5) is 0 Å². The highest BCUT2D eigenvalue weighted by Gasteiger charge is 2.35. The van der Waals surface area contributed by atoms with Gasteiger partial charge in [0, 0.05) is 24.1 Å². The van der Waals surface area contributed by atoms with Crippen molar-refractivity contribution < 1.29 is 20.3 Å². The Morgan fingerprint density at radius 1 is 0.732 bits per heavy atom. The van der Waals surface area contributed by atoms with E-state index in [-0.39, 0.29) is 23.0 Å². The molecule has 1 heterocycles. The second-order valence-corrected chi connectivity index (χ2v) is 11.2. The van der Waals surface area contributed by atoms with E-state index in [1.165, 1.54) is 15.8 Å². The van der Waals surface area contributed by atoms with Gasteiger partial charge in [-0.15, -0.1) is 11.3 Å². The molecule has 1 aliphatic rings. The molecule has 0 amide bonds. The molecule has 6 rings (SSSR count). The lowest BCUT2D eigenvalue weighted by Gasteiger charge is -2.18. The fourth-order valence-electron chi connectivity index (χ4n) is 5.22. The second-order valence-electron chi connectivity index (χ2n) is 10.1. The van der Waals surface area contributed by atoms with Crippen molar-refractivity contribution in [1.29, 1.82) is 0 Å². The van der Waals surface area contributed by atoms with E-state index in [1.807, 2.05) is 6.07 Å². The first-order valence-electron chi connectivity index (χ1n) is 13.8. The highest BCUT2D eigenvalue weighted by Crippen LogP contribution is 2.29. The van der Waals surface area contributed by atoms with E-state index in [0.717, 1.165) is 52.8 Å². The number of rotatable bonds is 10. The van der Waals surface area contributed by atoms with Gasteiger partial charge in [0.25, 0.3) is 5.78 Å². The molecule has 0 aliphatic heterocycles. The number of thiazole rings is 1. The number of carbonyl (C=O) groups excluding carboxylic acids is 2. The monoisotopic (exact) mass is 560 g/mol. The summed E-state index contributed by atoms with van der Waals surface area (Å²) in [6, 6.07) is 32.2. The number of aryl methyl sites for hydroxylation is 3. The van der Waals surface area contributed by atoms with Crippen LogP contribution in [0, 0.1) is 0 Å². The molecule has 4 aromatic carbocycles. The number of aromatic nitrogens is 1. The first-order valence-corrected chi connectivity index (χ1v) is 14.6. The third kappa shape index (κ3) is 5.74. The maximum Gasteiger partial charge on any atom is 0.252 e. The number of quaternary nitrogens is 1. The number of ketones is 2. The fourth-order valence-corrected chi connectivity index (χ4v) is 6.17. The van der Waals surface area contributed by atoms with E-state index >= 15 is 0 Å². The summed E-state index contributed by atoms with van der Waals surface area (Å²) < 4.78 is 1.21. The van der Waals surface area contributed by atoms with Gasteiger partial charge in [0.05, 0.1) is 15.2 Å². The van der Waals surface area contributed by atoms with Gasteiger partial charge in [-0.3, -0.25) is 9.59 Å². The Kier molecular flexibility index (Phi) is 7.82. The SMILES string of the molecule is O=C1C(NCCCc2ccc(-c3ccc4sc(CCc5ccccc5)nc4c3)cc2)=C([NH2+]O)C(=O)c2ccccc21. The molecule has 0 saturated carbocycles. The number of allylic oxidation sites excluding steroid dienone is 2. The van der Waals surface area contributed by atoms with Crippen LogP contribution >= 0.6 is 11.3 Å². The summed E-state index contributed by atoms with van der Waals surface area (Å²) in [6.45, 7) is 0.503. The van der Waals surface area contributed by atoms with Crippen molar-refractivity contribution in [1.82, 2.24) is 10.3 Å². The van der Waals surface area contributed by atoms with Crippen LogP contribution in [-0.4, -0.2) is 28.3 Å². The molecule has 0 atom stereocenters. The summed E-state index contributed by atoms with van der Waals surface area (Å²) in [5.74, 6) is -0.620. The maximum atomic E-state index is 12.9. The second kappa shape index (κ2) is 12.0. The van der Waals surface area contributed by atoms with Gasteiger partial charge in [-0.2, -0.15) is 5.48 Å². The van der Waals surface area contributed by atoms with Crippen molar-refractivity contribution in [3.05, 3.63) is 136 Å². The summed E-state index contributed by atoms with van der Waals surface area (Å²) >= 11 is 1.77. The van der Waals surface area contributed by atoms with E-state index in [1.54, 1.807) is 35.6 Å². The average Bonchev–Trinajstić information content (AvgIpc) is 3.44. The zero-order valence-corrected chi connectivity index (χ0v) is 23.3. The van der Waals surface area contributed by atoms with Gasteiger partial charge >= 0.3 is 0 Å². The van der Waals surface area contributed by atoms with Crippen LogP contribution in [0.2, 0.25) is 0 Å². The molecule has 0 spiro atoms. The fraction of sp³-hybridized carbons (Fsp3) is 0.147. The minimum absolute atomic E-state index is 0.0125. The number of nitrogens with zero attached hydrogens (tertiary/aromatic N) is 1. The molecule has 4 N–H and O–H groups in total. The lowest BCUT2D eigenvalue weighted by atomic mass is 9.90. The molecular weight excluding hydrogens is 530 g/mol. The molecule has 0 bridgehead atoms. The van der Waals surface area contributed by atoms with Crippen LogP contribution < -0.4 is 10.8 Å². The molecule has 7 heteroatoms. The molecule has 1 aliphatic carbocycles. The number of nitrogens with two attached hydrogens (primary N) is 1. The van der Waals surface area contributed by atoms with Crippen LogP contribution in [0.15, 0.2) is 108 Å². The van der Waals surface area contributed by atoms with Gasteiger partial charge in [0.15, 0.2) is 5.70 Å². The Hall–Kier alpha value is -4.43. The van der Waals surface area contributed by atoms with Gasteiger partial charge in [-0.05, 0) is 53.6 Å². The summed E-state index contributed by atoms with van der Waals surface area (Å²) in [5, 5.41) is 13.9. The molecule has 5 aromatic rings. The van der Waals surface area contributed by atoms with Crippen LogP contribution in [0.5, 0.6) is 0 Å². The van der Waals surface area contributed by atoms with E-state index in [9.17, 15) is 14.8 Å². The zero-order valence-electron chi connectivity index (χ0n) is 22.5. The topological polar surface area (TPSA) is 95.9 Å². The number of Topliss-reactive ketones (excluding diaryl/α,β-unsaturated/α-hetero) is 2. The first-order chi connectivity index (χ1) is 20.1. The van der Waals surface area contributed by atoms with Crippen molar-refractivity contribution in [2.75, 3.05) is 6.54 Å². The largest absolute Gasteiger partial charge is 0.377 e. The number of fused-ring (bicyclic) bond motifs is 2. The minimum Gasteiger partial charge on any atom is -0.377 e. The third-order valence-corrected chi connectivity index (χ3v) is 8.52. The number of carbonyl (C=O) groups is 2. The van der Waals surface area contributed by atoms with Crippen LogP contribution in [0.1, 0.15) is 43.3 Å². The van der Waals surface area contributed by atoms with Gasteiger partial charge in [-0.25, -0.2) is 10.2 Å². The molecule has 41 heavy (non-hydrogen) atoms. The normalized spacial score (nSPS) is 13.1. The van der Waals surface area contributed by atoms with Crippen molar-refractivity contribution in [2.45, 2.75) is 25.7 Å². The first kappa shape index (κ1) is 26.8. The Morgan fingerprint density at radius 3 is 2.17 bits per heavy atom. The molecule has 0 saturated heterocycles. The zero-order chi connectivity index (χ0) is 28.2. The number of nitrogens with one attached hydrogen (secondary N) is 1. The lowest BCUT2D eigenvalue weighted by Crippen LogP contribution is -2.81. The van der Waals surface area contributed by atoms with Crippen molar-refractivity contribution in [3.8, 4) is 11.1 Å². The van der Waals surface area contributed by atoms with E-state index in [0.29, 0.717) is 17.7 Å². The predicted molar refractivity (Wildman–Crippen MR) is 161 cm³/mol. The van der Waals surface area contributed by atoms with Crippen molar-refractivity contribution in [2.24, 2.45) is 0 Å². The Balaban J connectivity index is 1.06. The molecular formula is C34H30N3O3S+. The molecule has 6 nitrogen and oxygen atoms in total. The Bertz CT molecular complexity index is 1760. The molecule has 0 radical (unpaired) electrons. The maximum absolute atomic E-state index is 12.9. The minimum atomic E-state index is -0.347. The van der Waals surface area contributed by atoms with Gasteiger partial charge in [0.1, 0.15) is 0 Å². The van der Waals surface area contributed by atoms with Gasteiger partial charge in [0.2, 0.25) is 11.5 Å². The summed E-state index contributed by atoms with van der Waals surface area (Å²) in [7, 11) is 0. The number of hydrogen-bond acceptors (Lipinski definition) is 6. The summed E-state index contributed by atoms with van der Waals surface area (Å²) in [5.41, 5.74) is 7.43. The van der Waals surface area contributed by atoms with E-state index in [2.05, 4.69) is 72.0 Å². The van der Waals surface area contributed by atoms with Gasteiger partial charge < -0.3 is 5.32 Å².